The van der Waals surface area contributed by atoms with Gasteiger partial charge in [-0.2, -0.15) is 0 Å². The summed E-state index contributed by atoms with van der Waals surface area (Å²) in [7, 11) is 0. The van der Waals surface area contributed by atoms with Gasteiger partial charge < -0.3 is 10.4 Å². The van der Waals surface area contributed by atoms with Gasteiger partial charge in [-0.05, 0) is 38.8 Å². The molecule has 1 aliphatic carbocycles. The molecule has 0 aromatic carbocycles. The highest BCUT2D eigenvalue weighted by Gasteiger charge is 2.26. The molecule has 0 spiro atoms. The average molecular weight is 297 g/mol. The Bertz CT molecular complexity index is 399. The molecular formula is C14H23N3O4. The molecule has 7 nitrogen and oxygen atoms in total. The summed E-state index contributed by atoms with van der Waals surface area (Å²) in [6, 6.07) is -0.239. The monoisotopic (exact) mass is 297 g/mol. The molecule has 0 atom stereocenters. The summed E-state index contributed by atoms with van der Waals surface area (Å²) < 4.78 is 0. The van der Waals surface area contributed by atoms with E-state index in [1.807, 2.05) is 4.90 Å². The molecule has 0 unspecified atom stereocenters. The van der Waals surface area contributed by atoms with Crippen LogP contribution < -0.4 is 10.6 Å². The van der Waals surface area contributed by atoms with Gasteiger partial charge in [-0.15, -0.1) is 0 Å². The summed E-state index contributed by atoms with van der Waals surface area (Å²) in [5, 5.41) is 14.1. The van der Waals surface area contributed by atoms with Gasteiger partial charge in [0, 0.05) is 6.04 Å². The van der Waals surface area contributed by atoms with Gasteiger partial charge in [0.05, 0.1) is 12.5 Å². The third-order valence-electron chi connectivity index (χ3n) is 4.25. The quantitative estimate of drug-likeness (QED) is 0.704. The van der Waals surface area contributed by atoms with Crippen LogP contribution in [0.3, 0.4) is 0 Å². The van der Waals surface area contributed by atoms with Crippen LogP contribution in [0.2, 0.25) is 0 Å². The predicted molar refractivity (Wildman–Crippen MR) is 75.7 cm³/mol. The second-order valence-corrected chi connectivity index (χ2v) is 5.89. The molecule has 0 bridgehead atoms. The Hall–Kier alpha value is -1.63. The number of nitrogens with one attached hydrogen (secondary N) is 2. The molecule has 21 heavy (non-hydrogen) atoms. The number of carbonyl (C=O) groups is 3. The maximum Gasteiger partial charge on any atom is 0.321 e. The molecule has 3 amide bonds. The topological polar surface area (TPSA) is 98.7 Å². The van der Waals surface area contributed by atoms with Gasteiger partial charge in [0.15, 0.2) is 0 Å². The SMILES string of the molecule is O=C(CN1CCC(C(=O)O)CC1)NC(=O)NC1CCCC1. The van der Waals surface area contributed by atoms with Crippen LogP contribution in [0, 0.1) is 5.92 Å². The summed E-state index contributed by atoms with van der Waals surface area (Å²) >= 11 is 0. The van der Waals surface area contributed by atoms with E-state index in [1.54, 1.807) is 0 Å². The van der Waals surface area contributed by atoms with Crippen LogP contribution in [0.25, 0.3) is 0 Å². The Balaban J connectivity index is 1.65. The zero-order chi connectivity index (χ0) is 15.2. The number of carbonyl (C=O) groups excluding carboxylic acids is 2. The van der Waals surface area contributed by atoms with Crippen molar-refractivity contribution in [3.63, 3.8) is 0 Å². The van der Waals surface area contributed by atoms with Gasteiger partial charge in [0.2, 0.25) is 5.91 Å². The summed E-state index contributed by atoms with van der Waals surface area (Å²) in [6.07, 6.45) is 5.30. The molecule has 0 aromatic rings. The van der Waals surface area contributed by atoms with Crippen molar-refractivity contribution in [2.45, 2.75) is 44.6 Å². The number of carboxylic acids is 1. The fraction of sp³-hybridized carbons (Fsp3) is 0.786. The van der Waals surface area contributed by atoms with E-state index in [9.17, 15) is 14.4 Å². The number of imide groups is 1. The highest BCUT2D eigenvalue weighted by Crippen LogP contribution is 2.18. The largest absolute Gasteiger partial charge is 0.481 e. The Morgan fingerprint density at radius 2 is 1.67 bits per heavy atom. The van der Waals surface area contributed by atoms with Crippen molar-refractivity contribution in [3.8, 4) is 0 Å². The molecule has 1 saturated carbocycles. The van der Waals surface area contributed by atoms with Gasteiger partial charge in [0.1, 0.15) is 0 Å². The lowest BCUT2D eigenvalue weighted by Crippen LogP contribution is -2.48. The molecule has 3 N–H and O–H groups in total. The molecule has 0 aromatic heterocycles. The molecule has 2 aliphatic rings. The number of hydrogen-bond acceptors (Lipinski definition) is 4. The second kappa shape index (κ2) is 7.40. The van der Waals surface area contributed by atoms with E-state index in [-0.39, 0.29) is 24.4 Å². The fourth-order valence-corrected chi connectivity index (χ4v) is 3.00. The number of carboxylic acid groups (broad SMARTS) is 1. The van der Waals surface area contributed by atoms with Crippen LogP contribution in [0.1, 0.15) is 38.5 Å². The number of hydrogen-bond donors (Lipinski definition) is 3. The zero-order valence-corrected chi connectivity index (χ0v) is 12.1. The molecule has 2 fully saturated rings. The first-order valence-corrected chi connectivity index (χ1v) is 7.60. The summed E-state index contributed by atoms with van der Waals surface area (Å²) in [6.45, 7) is 1.30. The normalized spacial score (nSPS) is 21.1. The lowest BCUT2D eigenvalue weighted by molar-refractivity contribution is -0.143. The van der Waals surface area contributed by atoms with Gasteiger partial charge in [-0.25, -0.2) is 4.79 Å². The number of nitrogens with zero attached hydrogens (tertiary/aromatic N) is 1. The molecule has 0 radical (unpaired) electrons. The van der Waals surface area contributed by atoms with Crippen molar-refractivity contribution in [1.29, 1.82) is 0 Å². The van der Waals surface area contributed by atoms with Gasteiger partial charge in [0.25, 0.3) is 0 Å². The van der Waals surface area contributed by atoms with Crippen LogP contribution >= 0.6 is 0 Å². The summed E-state index contributed by atoms with van der Waals surface area (Å²) in [4.78, 5) is 36.2. The number of aliphatic carboxylic acids is 1. The first kappa shape index (κ1) is 15.8. The van der Waals surface area contributed by atoms with Gasteiger partial charge in [-0.1, -0.05) is 12.8 Å². The van der Waals surface area contributed by atoms with Crippen molar-refractivity contribution in [1.82, 2.24) is 15.5 Å². The van der Waals surface area contributed by atoms with Crippen molar-refractivity contribution in [2.24, 2.45) is 5.92 Å². The molecule has 1 heterocycles. The van der Waals surface area contributed by atoms with Gasteiger partial charge in [-0.3, -0.25) is 19.8 Å². The van der Waals surface area contributed by atoms with Crippen molar-refractivity contribution < 1.29 is 19.5 Å². The van der Waals surface area contributed by atoms with E-state index < -0.39 is 12.0 Å². The smallest absolute Gasteiger partial charge is 0.321 e. The number of amides is 3. The highest BCUT2D eigenvalue weighted by atomic mass is 16.4. The minimum Gasteiger partial charge on any atom is -0.481 e. The van der Waals surface area contributed by atoms with E-state index in [0.717, 1.165) is 25.7 Å². The average Bonchev–Trinajstić information content (AvgIpc) is 2.91. The Morgan fingerprint density at radius 3 is 2.24 bits per heavy atom. The Morgan fingerprint density at radius 1 is 1.05 bits per heavy atom. The maximum atomic E-state index is 11.8. The van der Waals surface area contributed by atoms with Crippen molar-refractivity contribution in [3.05, 3.63) is 0 Å². The van der Waals surface area contributed by atoms with E-state index in [4.69, 9.17) is 5.11 Å². The highest BCUT2D eigenvalue weighted by molar-refractivity contribution is 5.95. The number of urea groups is 1. The maximum absolute atomic E-state index is 11.8. The van der Waals surface area contributed by atoms with E-state index in [2.05, 4.69) is 10.6 Å². The first-order chi connectivity index (χ1) is 10.0. The van der Waals surface area contributed by atoms with Gasteiger partial charge >= 0.3 is 12.0 Å². The van der Waals surface area contributed by atoms with Crippen LogP contribution in [-0.4, -0.2) is 53.6 Å². The lowest BCUT2D eigenvalue weighted by atomic mass is 9.97. The van der Waals surface area contributed by atoms with Crippen molar-refractivity contribution in [2.75, 3.05) is 19.6 Å². The van der Waals surface area contributed by atoms with Crippen molar-refractivity contribution >= 4 is 17.9 Å². The van der Waals surface area contributed by atoms with Crippen LogP contribution in [0.4, 0.5) is 4.79 Å². The van der Waals surface area contributed by atoms with E-state index in [1.165, 1.54) is 0 Å². The zero-order valence-electron chi connectivity index (χ0n) is 12.1. The number of likely N-dealkylation sites (tertiary alicyclic amines) is 1. The molecule has 2 rings (SSSR count). The van der Waals surface area contributed by atoms with E-state index >= 15 is 0 Å². The third kappa shape index (κ3) is 5.00. The predicted octanol–water partition coefficient (Wildman–Crippen LogP) is 0.551. The minimum atomic E-state index is -0.768. The summed E-state index contributed by atoms with van der Waals surface area (Å²) in [5.74, 6) is -1.41. The molecule has 7 heteroatoms. The minimum absolute atomic E-state index is 0.143. The molecule has 118 valence electrons. The number of rotatable bonds is 4. The van der Waals surface area contributed by atoms with Crippen LogP contribution in [0.15, 0.2) is 0 Å². The third-order valence-corrected chi connectivity index (χ3v) is 4.25. The first-order valence-electron chi connectivity index (χ1n) is 7.60. The lowest BCUT2D eigenvalue weighted by Gasteiger charge is -2.29. The number of piperidine rings is 1. The standard InChI is InChI=1S/C14H23N3O4/c18-12(16-14(21)15-11-3-1-2-4-11)9-17-7-5-10(6-8-17)13(19)20/h10-11H,1-9H2,(H,19,20)(H2,15,16,18,21). The molecule has 1 saturated heterocycles. The Kier molecular flexibility index (Phi) is 5.55. The van der Waals surface area contributed by atoms with Crippen LogP contribution in [0.5, 0.6) is 0 Å². The molecular weight excluding hydrogens is 274 g/mol. The second-order valence-electron chi connectivity index (χ2n) is 5.89. The van der Waals surface area contributed by atoms with E-state index in [0.29, 0.717) is 25.9 Å². The Labute approximate surface area is 124 Å². The molecule has 1 aliphatic heterocycles. The van der Waals surface area contributed by atoms with Crippen LogP contribution in [-0.2, 0) is 9.59 Å². The fourth-order valence-electron chi connectivity index (χ4n) is 3.00. The summed E-state index contributed by atoms with van der Waals surface area (Å²) in [5.41, 5.74) is 0.